The Morgan fingerprint density at radius 2 is 2.11 bits per heavy atom. The van der Waals surface area contributed by atoms with E-state index in [9.17, 15) is 4.79 Å². The van der Waals surface area contributed by atoms with Crippen LogP contribution in [0.2, 0.25) is 0 Å². The van der Waals surface area contributed by atoms with E-state index in [1.165, 1.54) is 0 Å². The summed E-state index contributed by atoms with van der Waals surface area (Å²) in [4.78, 5) is 16.4. The molecule has 1 amide bonds. The Hall–Kier alpha value is -1.33. The van der Waals surface area contributed by atoms with Crippen LogP contribution < -0.4 is 5.73 Å². The maximum absolute atomic E-state index is 12.2. The SMILES string of the molecule is Cc1ccoc1C(=O)N1CCN(CCCN)CC1. The van der Waals surface area contributed by atoms with Gasteiger partial charge in [-0.1, -0.05) is 0 Å². The summed E-state index contributed by atoms with van der Waals surface area (Å²) in [5, 5.41) is 0. The largest absolute Gasteiger partial charge is 0.459 e. The summed E-state index contributed by atoms with van der Waals surface area (Å²) in [6, 6.07) is 1.82. The molecule has 1 aliphatic heterocycles. The Balaban J connectivity index is 1.86. The molecule has 0 unspecified atom stereocenters. The number of carbonyl (C=O) groups is 1. The van der Waals surface area contributed by atoms with E-state index in [-0.39, 0.29) is 5.91 Å². The smallest absolute Gasteiger partial charge is 0.289 e. The third kappa shape index (κ3) is 2.91. The highest BCUT2D eigenvalue weighted by Gasteiger charge is 2.24. The van der Waals surface area contributed by atoms with Gasteiger partial charge >= 0.3 is 0 Å². The van der Waals surface area contributed by atoms with Crippen LogP contribution >= 0.6 is 0 Å². The molecule has 0 saturated carbocycles. The number of nitrogens with two attached hydrogens (primary N) is 1. The van der Waals surface area contributed by atoms with E-state index in [2.05, 4.69) is 4.90 Å². The van der Waals surface area contributed by atoms with Crippen molar-refractivity contribution in [3.05, 3.63) is 23.7 Å². The van der Waals surface area contributed by atoms with E-state index >= 15 is 0 Å². The normalized spacial score (nSPS) is 17.1. The molecule has 18 heavy (non-hydrogen) atoms. The first-order valence-electron chi connectivity index (χ1n) is 6.48. The van der Waals surface area contributed by atoms with Crippen molar-refractivity contribution in [3.63, 3.8) is 0 Å². The monoisotopic (exact) mass is 251 g/mol. The van der Waals surface area contributed by atoms with Crippen LogP contribution in [0.4, 0.5) is 0 Å². The van der Waals surface area contributed by atoms with Gasteiger partial charge in [-0.25, -0.2) is 0 Å². The zero-order valence-corrected chi connectivity index (χ0v) is 10.9. The lowest BCUT2D eigenvalue weighted by Crippen LogP contribution is -2.49. The van der Waals surface area contributed by atoms with Crippen molar-refractivity contribution in [2.45, 2.75) is 13.3 Å². The minimum Gasteiger partial charge on any atom is -0.459 e. The lowest BCUT2D eigenvalue weighted by Gasteiger charge is -2.34. The molecule has 2 N–H and O–H groups in total. The molecule has 1 aromatic heterocycles. The first-order chi connectivity index (χ1) is 8.72. The first kappa shape index (κ1) is 13.1. The third-order valence-corrected chi connectivity index (χ3v) is 3.39. The fraction of sp³-hybridized carbons (Fsp3) is 0.615. The van der Waals surface area contributed by atoms with Gasteiger partial charge in [0, 0.05) is 31.7 Å². The molecule has 2 rings (SSSR count). The van der Waals surface area contributed by atoms with Crippen molar-refractivity contribution >= 4 is 5.91 Å². The molecule has 1 aliphatic rings. The van der Waals surface area contributed by atoms with Crippen LogP contribution in [0.3, 0.4) is 0 Å². The number of amides is 1. The topological polar surface area (TPSA) is 62.7 Å². The van der Waals surface area contributed by atoms with Crippen LogP contribution in [-0.2, 0) is 0 Å². The van der Waals surface area contributed by atoms with Gasteiger partial charge in [0.25, 0.3) is 5.91 Å². The van der Waals surface area contributed by atoms with Crippen LogP contribution in [0.15, 0.2) is 16.7 Å². The second-order valence-corrected chi connectivity index (χ2v) is 4.71. The highest BCUT2D eigenvalue weighted by molar-refractivity contribution is 5.92. The van der Waals surface area contributed by atoms with Gasteiger partial charge in [-0.2, -0.15) is 0 Å². The van der Waals surface area contributed by atoms with Crippen LogP contribution in [0.5, 0.6) is 0 Å². The molecule has 0 aliphatic carbocycles. The Labute approximate surface area is 108 Å². The first-order valence-corrected chi connectivity index (χ1v) is 6.48. The lowest BCUT2D eigenvalue weighted by molar-refractivity contribution is 0.0605. The van der Waals surface area contributed by atoms with E-state index in [4.69, 9.17) is 10.2 Å². The van der Waals surface area contributed by atoms with Crippen LogP contribution in [0, 0.1) is 6.92 Å². The van der Waals surface area contributed by atoms with Gasteiger partial charge in [-0.3, -0.25) is 9.69 Å². The van der Waals surface area contributed by atoms with Crippen molar-refractivity contribution < 1.29 is 9.21 Å². The number of hydrogen-bond acceptors (Lipinski definition) is 4. The van der Waals surface area contributed by atoms with Gasteiger partial charge in [0.2, 0.25) is 0 Å². The van der Waals surface area contributed by atoms with E-state index in [1.807, 2.05) is 17.9 Å². The Bertz CT molecular complexity index is 395. The maximum atomic E-state index is 12.2. The zero-order chi connectivity index (χ0) is 13.0. The van der Waals surface area contributed by atoms with Crippen molar-refractivity contribution in [2.24, 2.45) is 5.73 Å². The fourth-order valence-corrected chi connectivity index (χ4v) is 2.22. The molecule has 0 radical (unpaired) electrons. The van der Waals surface area contributed by atoms with E-state index in [0.717, 1.165) is 51.3 Å². The van der Waals surface area contributed by atoms with Gasteiger partial charge in [0.15, 0.2) is 5.76 Å². The van der Waals surface area contributed by atoms with Gasteiger partial charge < -0.3 is 15.1 Å². The minimum atomic E-state index is 0.0102. The fourth-order valence-electron chi connectivity index (χ4n) is 2.22. The van der Waals surface area contributed by atoms with Gasteiger partial charge in [-0.15, -0.1) is 0 Å². The summed E-state index contributed by atoms with van der Waals surface area (Å²) in [5.74, 6) is 0.487. The molecule has 0 bridgehead atoms. The number of hydrogen-bond donors (Lipinski definition) is 1. The van der Waals surface area contributed by atoms with E-state index in [1.54, 1.807) is 6.26 Å². The summed E-state index contributed by atoms with van der Waals surface area (Å²) in [5.41, 5.74) is 6.41. The van der Waals surface area contributed by atoms with Crippen LogP contribution in [-0.4, -0.2) is 55.0 Å². The van der Waals surface area contributed by atoms with Crippen molar-refractivity contribution in [1.29, 1.82) is 0 Å². The van der Waals surface area contributed by atoms with Gasteiger partial charge in [-0.05, 0) is 32.5 Å². The summed E-state index contributed by atoms with van der Waals surface area (Å²) < 4.78 is 5.25. The second-order valence-electron chi connectivity index (χ2n) is 4.71. The number of nitrogens with zero attached hydrogens (tertiary/aromatic N) is 2. The summed E-state index contributed by atoms with van der Waals surface area (Å²) in [6.45, 7) is 7.03. The predicted molar refractivity (Wildman–Crippen MR) is 69.5 cm³/mol. The minimum absolute atomic E-state index is 0.0102. The highest BCUT2D eigenvalue weighted by Crippen LogP contribution is 2.13. The molecule has 0 spiro atoms. The molecule has 5 nitrogen and oxygen atoms in total. The molecule has 1 aromatic rings. The summed E-state index contributed by atoms with van der Waals surface area (Å²) in [7, 11) is 0. The number of rotatable bonds is 4. The Morgan fingerprint density at radius 3 is 2.67 bits per heavy atom. The van der Waals surface area contributed by atoms with Gasteiger partial charge in [0.05, 0.1) is 6.26 Å². The van der Waals surface area contributed by atoms with Crippen molar-refractivity contribution in [2.75, 3.05) is 39.3 Å². The number of furan rings is 1. The molecular weight excluding hydrogens is 230 g/mol. The van der Waals surface area contributed by atoms with Crippen molar-refractivity contribution in [1.82, 2.24) is 9.80 Å². The average molecular weight is 251 g/mol. The van der Waals surface area contributed by atoms with E-state index in [0.29, 0.717) is 5.76 Å². The molecule has 1 fully saturated rings. The summed E-state index contributed by atoms with van der Waals surface area (Å²) >= 11 is 0. The standard InChI is InChI=1S/C13H21N3O2/c1-11-3-10-18-12(11)13(17)16-8-6-15(7-9-16)5-2-4-14/h3,10H,2,4-9,14H2,1H3. The third-order valence-electron chi connectivity index (χ3n) is 3.39. The maximum Gasteiger partial charge on any atom is 0.289 e. The summed E-state index contributed by atoms with van der Waals surface area (Å²) in [6.07, 6.45) is 2.59. The molecule has 5 heteroatoms. The molecule has 0 aromatic carbocycles. The highest BCUT2D eigenvalue weighted by atomic mass is 16.3. The number of piperazine rings is 1. The second kappa shape index (κ2) is 6.02. The van der Waals surface area contributed by atoms with Crippen LogP contribution in [0.25, 0.3) is 0 Å². The quantitative estimate of drug-likeness (QED) is 0.855. The predicted octanol–water partition coefficient (Wildman–Crippen LogP) is 0.695. The van der Waals surface area contributed by atoms with E-state index < -0.39 is 0 Å². The van der Waals surface area contributed by atoms with Gasteiger partial charge in [0.1, 0.15) is 0 Å². The molecule has 2 heterocycles. The molecule has 1 saturated heterocycles. The zero-order valence-electron chi connectivity index (χ0n) is 10.9. The lowest BCUT2D eigenvalue weighted by atomic mass is 10.2. The average Bonchev–Trinajstić information content (AvgIpc) is 2.82. The number of aryl methyl sites for hydroxylation is 1. The Kier molecular flexibility index (Phi) is 4.38. The molecule has 0 atom stereocenters. The Morgan fingerprint density at radius 1 is 1.39 bits per heavy atom. The molecule has 100 valence electrons. The van der Waals surface area contributed by atoms with Crippen molar-refractivity contribution in [3.8, 4) is 0 Å². The van der Waals surface area contributed by atoms with Crippen LogP contribution in [0.1, 0.15) is 22.5 Å². The number of carbonyl (C=O) groups excluding carboxylic acids is 1. The molecular formula is C13H21N3O2.